The van der Waals surface area contributed by atoms with Gasteiger partial charge in [-0.15, -0.1) is 35.3 Å². The highest BCUT2D eigenvalue weighted by Gasteiger charge is 2.04. The Morgan fingerprint density at radius 3 is 2.52 bits per heavy atom. The summed E-state index contributed by atoms with van der Waals surface area (Å²) >= 11 is 1.72. The summed E-state index contributed by atoms with van der Waals surface area (Å²) in [6.45, 7) is 6.93. The van der Waals surface area contributed by atoms with Crippen molar-refractivity contribution in [3.05, 3.63) is 45.4 Å². The van der Waals surface area contributed by atoms with Gasteiger partial charge in [0.15, 0.2) is 5.96 Å². The summed E-state index contributed by atoms with van der Waals surface area (Å²) in [6.07, 6.45) is 0.909. The van der Waals surface area contributed by atoms with E-state index in [1.54, 1.807) is 25.5 Å². The third kappa shape index (κ3) is 8.44. The Morgan fingerprint density at radius 2 is 1.93 bits per heavy atom. The van der Waals surface area contributed by atoms with Crippen molar-refractivity contribution in [2.24, 2.45) is 4.99 Å². The number of ether oxygens (including phenoxy) is 2. The van der Waals surface area contributed by atoms with Gasteiger partial charge in [-0.1, -0.05) is 12.1 Å². The van der Waals surface area contributed by atoms with E-state index in [4.69, 9.17) is 9.47 Å². The largest absolute Gasteiger partial charge is 0.497 e. The minimum atomic E-state index is 0. The van der Waals surface area contributed by atoms with Crippen molar-refractivity contribution in [3.63, 3.8) is 0 Å². The summed E-state index contributed by atoms with van der Waals surface area (Å²) in [5, 5.41) is 7.66. The Balaban J connectivity index is 0.00000364. The van der Waals surface area contributed by atoms with Crippen LogP contribution >= 0.6 is 35.3 Å². The number of benzene rings is 1. The predicted molar refractivity (Wildman–Crippen MR) is 122 cm³/mol. The zero-order chi connectivity index (χ0) is 18.8. The van der Waals surface area contributed by atoms with Gasteiger partial charge in [0.1, 0.15) is 10.8 Å². The molecule has 0 bridgehead atoms. The molecular formula is C19H29IN4O2S. The van der Waals surface area contributed by atoms with Gasteiger partial charge in [0, 0.05) is 25.1 Å². The number of hydrogen-bond donors (Lipinski definition) is 2. The van der Waals surface area contributed by atoms with Gasteiger partial charge in [0.25, 0.3) is 0 Å². The van der Waals surface area contributed by atoms with E-state index in [1.165, 1.54) is 4.88 Å². The number of nitrogens with zero attached hydrogens (tertiary/aromatic N) is 2. The Hall–Kier alpha value is -1.39. The van der Waals surface area contributed by atoms with Crippen LogP contribution in [0.4, 0.5) is 0 Å². The molecule has 8 heteroatoms. The summed E-state index contributed by atoms with van der Waals surface area (Å²) in [7, 11) is 3.44. The number of rotatable bonds is 9. The van der Waals surface area contributed by atoms with Crippen LogP contribution in [-0.2, 0) is 17.9 Å². The Bertz CT molecular complexity index is 685. The topological polar surface area (TPSA) is 67.8 Å². The molecule has 0 saturated carbocycles. The van der Waals surface area contributed by atoms with Crippen molar-refractivity contribution in [1.82, 2.24) is 15.6 Å². The molecule has 0 aliphatic rings. The standard InChI is InChI=1S/C19H28N4O2S.HI/c1-14-15(2)26-18(23-14)12-22-19(20-3)21-10-5-11-25-13-16-6-8-17(24-4)9-7-16;/h6-9H,5,10-13H2,1-4H3,(H2,20,21,22);1H. The number of aromatic nitrogens is 1. The lowest BCUT2D eigenvalue weighted by atomic mass is 10.2. The first-order valence-electron chi connectivity index (χ1n) is 8.70. The van der Waals surface area contributed by atoms with E-state index in [0.717, 1.165) is 40.9 Å². The van der Waals surface area contributed by atoms with Crippen LogP contribution in [0.1, 0.15) is 27.6 Å². The highest BCUT2D eigenvalue weighted by atomic mass is 127. The molecule has 0 spiro atoms. The molecule has 27 heavy (non-hydrogen) atoms. The van der Waals surface area contributed by atoms with Gasteiger partial charge in [-0.05, 0) is 38.0 Å². The van der Waals surface area contributed by atoms with Crippen molar-refractivity contribution >= 4 is 41.3 Å². The lowest BCUT2D eigenvalue weighted by molar-refractivity contribution is 0.119. The molecule has 1 aromatic heterocycles. The summed E-state index contributed by atoms with van der Waals surface area (Å²) in [5.41, 5.74) is 2.24. The molecule has 2 N–H and O–H groups in total. The smallest absolute Gasteiger partial charge is 0.191 e. The van der Waals surface area contributed by atoms with Crippen LogP contribution in [0.5, 0.6) is 5.75 Å². The van der Waals surface area contributed by atoms with Gasteiger partial charge in [-0.2, -0.15) is 0 Å². The molecular weight excluding hydrogens is 475 g/mol. The van der Waals surface area contributed by atoms with E-state index >= 15 is 0 Å². The second kappa shape index (κ2) is 12.9. The first kappa shape index (κ1) is 23.6. The van der Waals surface area contributed by atoms with Crippen molar-refractivity contribution in [2.75, 3.05) is 27.3 Å². The molecule has 0 unspecified atom stereocenters. The van der Waals surface area contributed by atoms with Crippen LogP contribution in [-0.4, -0.2) is 38.3 Å². The maximum atomic E-state index is 5.70. The molecule has 0 aliphatic heterocycles. The number of guanidine groups is 1. The summed E-state index contributed by atoms with van der Waals surface area (Å²) in [6, 6.07) is 7.93. The molecule has 0 amide bonds. The molecule has 0 fully saturated rings. The van der Waals surface area contributed by atoms with Crippen LogP contribution in [0.25, 0.3) is 0 Å². The van der Waals surface area contributed by atoms with Crippen LogP contribution in [0.15, 0.2) is 29.3 Å². The number of aliphatic imine (C=N–C) groups is 1. The molecule has 0 radical (unpaired) electrons. The average molecular weight is 504 g/mol. The molecule has 0 atom stereocenters. The first-order chi connectivity index (χ1) is 12.6. The highest BCUT2D eigenvalue weighted by molar-refractivity contribution is 14.0. The predicted octanol–water partition coefficient (Wildman–Crippen LogP) is 3.66. The van der Waals surface area contributed by atoms with E-state index in [0.29, 0.717) is 19.8 Å². The maximum Gasteiger partial charge on any atom is 0.191 e. The third-order valence-corrected chi connectivity index (χ3v) is 4.96. The monoisotopic (exact) mass is 504 g/mol. The Morgan fingerprint density at radius 1 is 1.19 bits per heavy atom. The zero-order valence-corrected chi connectivity index (χ0v) is 19.5. The number of methoxy groups -OCH3 is 1. The summed E-state index contributed by atoms with van der Waals surface area (Å²) in [4.78, 5) is 10.0. The van der Waals surface area contributed by atoms with Gasteiger partial charge in [0.2, 0.25) is 0 Å². The average Bonchev–Trinajstić information content (AvgIpc) is 2.98. The second-order valence-electron chi connectivity index (χ2n) is 5.86. The fraction of sp³-hybridized carbons (Fsp3) is 0.474. The summed E-state index contributed by atoms with van der Waals surface area (Å²) in [5.74, 6) is 1.64. The third-order valence-electron chi connectivity index (χ3n) is 3.89. The summed E-state index contributed by atoms with van der Waals surface area (Å²) < 4.78 is 10.8. The molecule has 150 valence electrons. The molecule has 2 rings (SSSR count). The highest BCUT2D eigenvalue weighted by Crippen LogP contribution is 2.15. The van der Waals surface area contributed by atoms with E-state index < -0.39 is 0 Å². The van der Waals surface area contributed by atoms with Gasteiger partial charge in [-0.3, -0.25) is 4.99 Å². The lowest BCUT2D eigenvalue weighted by Crippen LogP contribution is -2.37. The van der Waals surface area contributed by atoms with Crippen LogP contribution < -0.4 is 15.4 Å². The van der Waals surface area contributed by atoms with E-state index in [1.807, 2.05) is 31.2 Å². The quantitative estimate of drug-likeness (QED) is 0.236. The fourth-order valence-corrected chi connectivity index (χ4v) is 3.16. The SMILES string of the molecule is CN=C(NCCCOCc1ccc(OC)cc1)NCc1nc(C)c(C)s1.I. The Labute approximate surface area is 182 Å². The zero-order valence-electron chi connectivity index (χ0n) is 16.4. The van der Waals surface area contributed by atoms with Crippen LogP contribution in [0.2, 0.25) is 0 Å². The van der Waals surface area contributed by atoms with Gasteiger partial charge < -0.3 is 20.1 Å². The molecule has 1 heterocycles. The fourth-order valence-electron chi connectivity index (χ4n) is 2.29. The minimum Gasteiger partial charge on any atom is -0.497 e. The Kier molecular flexibility index (Phi) is 11.3. The number of hydrogen-bond acceptors (Lipinski definition) is 5. The normalized spacial score (nSPS) is 11.0. The van der Waals surface area contributed by atoms with Crippen molar-refractivity contribution in [3.8, 4) is 5.75 Å². The second-order valence-corrected chi connectivity index (χ2v) is 7.14. The van der Waals surface area contributed by atoms with Crippen LogP contribution in [0.3, 0.4) is 0 Å². The van der Waals surface area contributed by atoms with Crippen molar-refractivity contribution < 1.29 is 9.47 Å². The van der Waals surface area contributed by atoms with E-state index in [2.05, 4.69) is 27.5 Å². The van der Waals surface area contributed by atoms with Crippen molar-refractivity contribution in [1.29, 1.82) is 0 Å². The number of aryl methyl sites for hydroxylation is 2. The van der Waals surface area contributed by atoms with Crippen molar-refractivity contribution in [2.45, 2.75) is 33.4 Å². The molecule has 2 aromatic rings. The number of halogens is 1. The minimum absolute atomic E-state index is 0. The molecule has 6 nitrogen and oxygen atoms in total. The molecule has 0 saturated heterocycles. The maximum absolute atomic E-state index is 5.70. The van der Waals surface area contributed by atoms with E-state index in [9.17, 15) is 0 Å². The van der Waals surface area contributed by atoms with Gasteiger partial charge in [-0.25, -0.2) is 4.98 Å². The molecule has 1 aromatic carbocycles. The number of nitrogens with one attached hydrogen (secondary N) is 2. The van der Waals surface area contributed by atoms with Gasteiger partial charge in [0.05, 0.1) is 26.0 Å². The van der Waals surface area contributed by atoms with E-state index in [-0.39, 0.29) is 24.0 Å². The first-order valence-corrected chi connectivity index (χ1v) is 9.52. The lowest BCUT2D eigenvalue weighted by Gasteiger charge is -2.11. The van der Waals surface area contributed by atoms with Gasteiger partial charge >= 0.3 is 0 Å². The van der Waals surface area contributed by atoms with Crippen LogP contribution in [0, 0.1) is 13.8 Å². The molecule has 0 aliphatic carbocycles. The number of thiazole rings is 1.